The number of hydrogen-bond donors (Lipinski definition) is 5. The van der Waals surface area contributed by atoms with E-state index in [9.17, 15) is 15.0 Å². The standard InChI is InChI=1S/C17H20N8O4.CH3N/c1-8(26)13-11(27)12(28)16(29-13)25-7-19-10-14(18)21-17(22-15(10)25)23-20-6-9-4-3-5-24(9)2;1-2/h3-7,11-13,16,27-28H,1-2H3,(H3,18,21,22,23);2H,1H2/b20-6-;/t11-,12+,13+,16+;/m0./s1. The molecule has 13 heteroatoms. The first-order valence-corrected chi connectivity index (χ1v) is 9.14. The number of carbonyl (C=O) groups excluding carboxylic acids is 1. The molecule has 0 amide bonds. The molecule has 3 aromatic rings. The van der Waals surface area contributed by atoms with Crippen molar-refractivity contribution in [1.29, 1.82) is 5.41 Å². The maximum absolute atomic E-state index is 11.6. The van der Waals surface area contributed by atoms with E-state index in [1.54, 1.807) is 6.21 Å². The van der Waals surface area contributed by atoms with Gasteiger partial charge in [0, 0.05) is 13.2 Å². The fraction of sp³-hybridized carbons (Fsp3) is 0.333. The summed E-state index contributed by atoms with van der Waals surface area (Å²) in [6.45, 7) is 3.78. The zero-order chi connectivity index (χ0) is 22.7. The van der Waals surface area contributed by atoms with Crippen molar-refractivity contribution in [1.82, 2.24) is 24.1 Å². The van der Waals surface area contributed by atoms with Gasteiger partial charge >= 0.3 is 0 Å². The molecular weight excluding hydrogens is 406 g/mol. The number of aliphatic hydroxyl groups excluding tert-OH is 2. The van der Waals surface area contributed by atoms with E-state index in [2.05, 4.69) is 32.2 Å². The third-order valence-corrected chi connectivity index (χ3v) is 4.71. The first-order valence-electron chi connectivity index (χ1n) is 9.14. The minimum absolute atomic E-state index is 0.0986. The molecule has 1 saturated heterocycles. The van der Waals surface area contributed by atoms with Crippen molar-refractivity contribution in [3.63, 3.8) is 0 Å². The van der Waals surface area contributed by atoms with Gasteiger partial charge in [-0.3, -0.25) is 9.36 Å². The predicted octanol–water partition coefficient (Wildman–Crippen LogP) is -0.333. The Balaban J connectivity index is 0.00000132. The third kappa shape index (κ3) is 4.14. The smallest absolute Gasteiger partial charge is 0.247 e. The van der Waals surface area contributed by atoms with Gasteiger partial charge in [-0.2, -0.15) is 15.1 Å². The average Bonchev–Trinajstić information content (AvgIpc) is 3.43. The topological polar surface area (TPSA) is 190 Å². The van der Waals surface area contributed by atoms with E-state index in [0.717, 1.165) is 5.69 Å². The van der Waals surface area contributed by atoms with Crippen LogP contribution >= 0.6 is 0 Å². The van der Waals surface area contributed by atoms with Crippen molar-refractivity contribution < 1.29 is 19.7 Å². The largest absolute Gasteiger partial charge is 0.387 e. The number of aryl methyl sites for hydroxylation is 1. The molecule has 0 spiro atoms. The SMILES string of the molecule is C=N.CC(=O)[C@H]1O[C@@H](n2cnc3c(N)nc(N/N=C\c4cccn4C)nc32)[C@H](O)[C@@H]1O. The van der Waals surface area contributed by atoms with Crippen LogP contribution < -0.4 is 11.2 Å². The second-order valence-corrected chi connectivity index (χ2v) is 6.71. The summed E-state index contributed by atoms with van der Waals surface area (Å²) < 4.78 is 8.82. The van der Waals surface area contributed by atoms with E-state index in [4.69, 9.17) is 15.9 Å². The number of nitrogen functional groups attached to an aromatic ring is 1. The van der Waals surface area contributed by atoms with Gasteiger partial charge in [0.2, 0.25) is 5.95 Å². The maximum Gasteiger partial charge on any atom is 0.247 e. The molecule has 0 unspecified atom stereocenters. The Hall–Kier alpha value is -3.68. The molecule has 4 rings (SSSR count). The summed E-state index contributed by atoms with van der Waals surface area (Å²) in [5.41, 5.74) is 10.1. The molecule has 3 aromatic heterocycles. The van der Waals surface area contributed by atoms with Gasteiger partial charge in [0.05, 0.1) is 18.2 Å². The van der Waals surface area contributed by atoms with Gasteiger partial charge in [0.15, 0.2) is 23.5 Å². The molecule has 0 aliphatic carbocycles. The van der Waals surface area contributed by atoms with E-state index in [0.29, 0.717) is 5.52 Å². The van der Waals surface area contributed by atoms with Crippen molar-refractivity contribution in [2.24, 2.45) is 12.1 Å². The number of ether oxygens (including phenoxy) is 1. The minimum Gasteiger partial charge on any atom is -0.387 e. The Bertz CT molecular complexity index is 1110. The minimum atomic E-state index is -1.36. The van der Waals surface area contributed by atoms with Gasteiger partial charge in [0.25, 0.3) is 0 Å². The van der Waals surface area contributed by atoms with Gasteiger partial charge < -0.3 is 30.7 Å². The highest BCUT2D eigenvalue weighted by molar-refractivity contribution is 5.84. The van der Waals surface area contributed by atoms with Crippen molar-refractivity contribution in [2.75, 3.05) is 11.2 Å². The summed E-state index contributed by atoms with van der Waals surface area (Å²) in [5.74, 6) is -0.185. The lowest BCUT2D eigenvalue weighted by Gasteiger charge is -2.16. The number of ketones is 1. The highest BCUT2D eigenvalue weighted by Gasteiger charge is 2.46. The van der Waals surface area contributed by atoms with Crippen LogP contribution in [0.1, 0.15) is 18.8 Å². The summed E-state index contributed by atoms with van der Waals surface area (Å²) in [7, 11) is 1.89. The number of carbonyl (C=O) groups is 1. The lowest BCUT2D eigenvalue weighted by Crippen LogP contribution is -2.34. The van der Waals surface area contributed by atoms with Crippen LogP contribution in [0.3, 0.4) is 0 Å². The molecule has 6 N–H and O–H groups in total. The lowest BCUT2D eigenvalue weighted by molar-refractivity contribution is -0.133. The molecule has 0 aromatic carbocycles. The number of hydrogen-bond acceptors (Lipinski definition) is 11. The molecule has 1 aliphatic rings. The molecule has 13 nitrogen and oxygen atoms in total. The van der Waals surface area contributed by atoms with Gasteiger partial charge in [0.1, 0.15) is 23.8 Å². The number of nitrogens with one attached hydrogen (secondary N) is 2. The van der Waals surface area contributed by atoms with Crippen LogP contribution in [-0.4, -0.2) is 71.3 Å². The number of aromatic nitrogens is 5. The first-order chi connectivity index (χ1) is 14.9. The van der Waals surface area contributed by atoms with Crippen LogP contribution in [0.2, 0.25) is 0 Å². The molecule has 0 bridgehead atoms. The molecule has 0 radical (unpaired) electrons. The number of imidazole rings is 1. The Morgan fingerprint density at radius 2 is 2.13 bits per heavy atom. The van der Waals surface area contributed by atoms with E-state index in [-0.39, 0.29) is 17.4 Å². The second-order valence-electron chi connectivity index (χ2n) is 6.71. The Kier molecular flexibility index (Phi) is 6.39. The Morgan fingerprint density at radius 1 is 1.39 bits per heavy atom. The molecule has 31 heavy (non-hydrogen) atoms. The number of nitrogens with zero attached hydrogens (tertiary/aromatic N) is 6. The molecule has 1 fully saturated rings. The third-order valence-electron chi connectivity index (χ3n) is 4.71. The number of nitrogens with two attached hydrogens (primary N) is 1. The van der Waals surface area contributed by atoms with E-state index in [1.165, 1.54) is 17.8 Å². The number of anilines is 2. The molecular formula is C18H23N9O4. The predicted molar refractivity (Wildman–Crippen MR) is 113 cm³/mol. The van der Waals surface area contributed by atoms with Crippen molar-refractivity contribution in [2.45, 2.75) is 31.5 Å². The van der Waals surface area contributed by atoms with Gasteiger partial charge in [-0.05, 0) is 25.8 Å². The molecule has 1 aliphatic heterocycles. The monoisotopic (exact) mass is 429 g/mol. The van der Waals surface area contributed by atoms with Crippen LogP contribution in [-0.2, 0) is 16.6 Å². The normalized spacial score (nSPS) is 23.1. The van der Waals surface area contributed by atoms with Crippen LogP contribution in [0.5, 0.6) is 0 Å². The number of aliphatic hydroxyl groups is 2. The van der Waals surface area contributed by atoms with Gasteiger partial charge in [-0.25, -0.2) is 10.4 Å². The number of Topliss-reactive ketones (excluding diaryl/α,β-unsaturated/α-hetero) is 1. The highest BCUT2D eigenvalue weighted by Crippen LogP contribution is 2.32. The van der Waals surface area contributed by atoms with Crippen LogP contribution in [0.25, 0.3) is 11.2 Å². The summed E-state index contributed by atoms with van der Waals surface area (Å²) in [4.78, 5) is 24.2. The Labute approximate surface area is 176 Å². The van der Waals surface area contributed by atoms with Crippen molar-refractivity contribution in [3.05, 3.63) is 30.4 Å². The zero-order valence-electron chi connectivity index (χ0n) is 16.9. The fourth-order valence-electron chi connectivity index (χ4n) is 3.16. The molecule has 164 valence electrons. The van der Waals surface area contributed by atoms with Gasteiger partial charge in [-0.1, -0.05) is 0 Å². The highest BCUT2D eigenvalue weighted by atomic mass is 16.6. The van der Waals surface area contributed by atoms with Crippen LogP contribution in [0.4, 0.5) is 11.8 Å². The number of hydrazone groups is 1. The van der Waals surface area contributed by atoms with E-state index >= 15 is 0 Å². The van der Waals surface area contributed by atoms with Crippen molar-refractivity contribution >= 4 is 41.6 Å². The quantitative estimate of drug-likeness (QED) is 0.267. The zero-order valence-corrected chi connectivity index (χ0v) is 16.9. The number of rotatable bonds is 5. The molecule has 4 atom stereocenters. The van der Waals surface area contributed by atoms with Gasteiger partial charge in [-0.15, -0.1) is 0 Å². The molecule has 4 heterocycles. The first kappa shape index (κ1) is 22.0. The van der Waals surface area contributed by atoms with E-state index < -0.39 is 30.3 Å². The van der Waals surface area contributed by atoms with E-state index in [1.807, 2.05) is 29.9 Å². The summed E-state index contributed by atoms with van der Waals surface area (Å²) in [6.07, 6.45) is -0.0622. The summed E-state index contributed by atoms with van der Waals surface area (Å²) in [5, 5.41) is 30.0. The Morgan fingerprint density at radius 3 is 2.74 bits per heavy atom. The fourth-order valence-corrected chi connectivity index (χ4v) is 3.16. The van der Waals surface area contributed by atoms with Crippen LogP contribution in [0, 0.1) is 5.41 Å². The van der Waals surface area contributed by atoms with Crippen LogP contribution in [0.15, 0.2) is 29.8 Å². The summed E-state index contributed by atoms with van der Waals surface area (Å²) >= 11 is 0. The van der Waals surface area contributed by atoms with Crippen molar-refractivity contribution in [3.8, 4) is 0 Å². The lowest BCUT2D eigenvalue weighted by atomic mass is 10.1. The average molecular weight is 429 g/mol. The maximum atomic E-state index is 11.6. The summed E-state index contributed by atoms with van der Waals surface area (Å²) in [6, 6.07) is 3.77. The second kappa shape index (κ2) is 8.99. The molecule has 0 saturated carbocycles. The number of fused-ring (bicyclic) bond motifs is 1.